The minimum Gasteiger partial charge on any atom is -0.385 e. The topological polar surface area (TPSA) is 37.3 Å². The predicted molar refractivity (Wildman–Crippen MR) is 105 cm³/mol. The van der Waals surface area contributed by atoms with Crippen LogP contribution in [0.25, 0.3) is 0 Å². The van der Waals surface area contributed by atoms with Crippen molar-refractivity contribution in [2.24, 2.45) is 28.6 Å². The van der Waals surface area contributed by atoms with E-state index in [-0.39, 0.29) is 16.6 Å². The van der Waals surface area contributed by atoms with Crippen molar-refractivity contribution >= 4 is 28.4 Å². The van der Waals surface area contributed by atoms with E-state index in [0.29, 0.717) is 17.8 Å². The Hall–Kier alpha value is -0.680. The Labute approximate surface area is 157 Å². The van der Waals surface area contributed by atoms with Gasteiger partial charge in [-0.05, 0) is 71.3 Å². The normalized spacial score (nSPS) is 49.8. The Kier molecular flexibility index (Phi) is 3.78. The second-order valence-electron chi connectivity index (χ2n) is 8.48. The number of rotatable bonds is 1. The van der Waals surface area contributed by atoms with Crippen molar-refractivity contribution in [1.29, 1.82) is 0 Å². The van der Waals surface area contributed by atoms with Crippen molar-refractivity contribution < 1.29 is 9.90 Å². The highest BCUT2D eigenvalue weighted by molar-refractivity contribution is 14.1. The first kappa shape index (κ1) is 16.8. The molecule has 0 bridgehead atoms. The number of carbonyl (C=O) groups excluding carboxylic acids is 1. The third kappa shape index (κ3) is 2.06. The largest absolute Gasteiger partial charge is 0.385 e. The molecule has 4 aliphatic carbocycles. The first-order valence-corrected chi connectivity index (χ1v) is 10.2. The second kappa shape index (κ2) is 5.41. The van der Waals surface area contributed by atoms with Crippen molar-refractivity contribution in [3.8, 4) is 0 Å². The summed E-state index contributed by atoms with van der Waals surface area (Å²) in [6.07, 6.45) is 16.3. The van der Waals surface area contributed by atoms with Gasteiger partial charge in [0.05, 0.1) is 5.60 Å². The Bertz CT molecular complexity index is 703. The van der Waals surface area contributed by atoms with Crippen LogP contribution in [-0.4, -0.2) is 16.5 Å². The fourth-order valence-electron chi connectivity index (χ4n) is 6.08. The van der Waals surface area contributed by atoms with E-state index in [1.807, 2.05) is 16.2 Å². The van der Waals surface area contributed by atoms with Crippen molar-refractivity contribution in [3.05, 3.63) is 46.1 Å². The summed E-state index contributed by atoms with van der Waals surface area (Å²) >= 11 is 2.22. The summed E-state index contributed by atoms with van der Waals surface area (Å²) in [5.74, 6) is 1.63. The van der Waals surface area contributed by atoms with Crippen molar-refractivity contribution in [1.82, 2.24) is 0 Å². The number of aliphatic hydroxyl groups is 1. The number of allylic oxidation sites excluding steroid dienone is 6. The van der Waals surface area contributed by atoms with E-state index in [4.69, 9.17) is 0 Å². The fraction of sp³-hybridized carbons (Fsp3) is 0.571. The minimum absolute atomic E-state index is 0.0333. The number of fused-ring (bicyclic) bond motifs is 5. The van der Waals surface area contributed by atoms with Crippen LogP contribution in [0.1, 0.15) is 39.5 Å². The molecule has 0 aliphatic heterocycles. The summed E-state index contributed by atoms with van der Waals surface area (Å²) < 4.78 is 1.98. The van der Waals surface area contributed by atoms with Crippen LogP contribution >= 0.6 is 22.6 Å². The van der Waals surface area contributed by atoms with Gasteiger partial charge in [0.15, 0.2) is 5.78 Å². The summed E-state index contributed by atoms with van der Waals surface area (Å²) in [6, 6.07) is 0. The summed E-state index contributed by atoms with van der Waals surface area (Å²) in [7, 11) is 0. The van der Waals surface area contributed by atoms with E-state index < -0.39 is 5.60 Å². The van der Waals surface area contributed by atoms with E-state index in [0.717, 1.165) is 25.7 Å². The maximum Gasteiger partial charge on any atom is 0.178 e. The highest BCUT2D eigenvalue weighted by Crippen LogP contribution is 2.65. The maximum atomic E-state index is 11.8. The van der Waals surface area contributed by atoms with Gasteiger partial charge in [-0.3, -0.25) is 4.79 Å². The summed E-state index contributed by atoms with van der Waals surface area (Å²) in [5.41, 5.74) is 0.410. The molecule has 3 heteroatoms. The average Bonchev–Trinajstić information content (AvgIpc) is 2.80. The third-order valence-corrected chi connectivity index (χ3v) is 8.03. The van der Waals surface area contributed by atoms with Crippen molar-refractivity contribution in [2.75, 3.05) is 0 Å². The van der Waals surface area contributed by atoms with Crippen LogP contribution in [-0.2, 0) is 4.79 Å². The molecule has 4 rings (SSSR count). The van der Waals surface area contributed by atoms with Crippen LogP contribution in [0.3, 0.4) is 0 Å². The molecule has 24 heavy (non-hydrogen) atoms. The van der Waals surface area contributed by atoms with Gasteiger partial charge in [-0.1, -0.05) is 54.7 Å². The first-order chi connectivity index (χ1) is 11.3. The van der Waals surface area contributed by atoms with Gasteiger partial charge in [0.1, 0.15) is 0 Å². The molecule has 2 nitrogen and oxygen atoms in total. The number of hydrogen-bond acceptors (Lipinski definition) is 2. The van der Waals surface area contributed by atoms with E-state index >= 15 is 0 Å². The Morgan fingerprint density at radius 2 is 1.96 bits per heavy atom. The van der Waals surface area contributed by atoms with Crippen LogP contribution in [0.15, 0.2) is 46.1 Å². The maximum absolute atomic E-state index is 11.8. The summed E-state index contributed by atoms with van der Waals surface area (Å²) in [6.45, 7) is 4.58. The number of hydrogen-bond donors (Lipinski definition) is 1. The number of ketones is 1. The molecule has 6 atom stereocenters. The molecule has 0 aromatic rings. The van der Waals surface area contributed by atoms with Gasteiger partial charge in [0.2, 0.25) is 0 Å². The third-order valence-electron chi connectivity index (χ3n) is 7.67. The molecule has 0 unspecified atom stereocenters. The van der Waals surface area contributed by atoms with Crippen molar-refractivity contribution in [3.63, 3.8) is 0 Å². The van der Waals surface area contributed by atoms with Crippen LogP contribution < -0.4 is 0 Å². The monoisotopic (exact) mass is 436 g/mol. The zero-order chi connectivity index (χ0) is 17.2. The zero-order valence-electron chi connectivity index (χ0n) is 14.3. The van der Waals surface area contributed by atoms with E-state index in [9.17, 15) is 9.90 Å². The van der Waals surface area contributed by atoms with Gasteiger partial charge < -0.3 is 5.11 Å². The molecular formula is C21H25IO2. The Morgan fingerprint density at radius 3 is 2.71 bits per heavy atom. The van der Waals surface area contributed by atoms with Crippen LogP contribution in [0.4, 0.5) is 0 Å². The number of carbonyl (C=O) groups is 1. The molecule has 4 aliphatic rings. The first-order valence-electron chi connectivity index (χ1n) is 8.98. The molecule has 2 saturated carbocycles. The molecular weight excluding hydrogens is 411 g/mol. The standard InChI is InChI=1S/C21H25IO2/c1-19-8-5-15(23)13-14(19)3-4-16-17(19)6-9-20(2)18(16)7-10-21(20,24)11-12-22/h3-5,8,11-13,16-18,24H,6-7,9-10H2,1-2H3/b12-11-/t16-,17+,18+,19+,20+,21-/m1/s1. The summed E-state index contributed by atoms with van der Waals surface area (Å²) in [5, 5.41) is 11.3. The number of halogens is 1. The van der Waals surface area contributed by atoms with Crippen LogP contribution in [0, 0.1) is 28.6 Å². The lowest BCUT2D eigenvalue weighted by Crippen LogP contribution is -2.52. The zero-order valence-corrected chi connectivity index (χ0v) is 16.5. The second-order valence-corrected chi connectivity index (χ2v) is 9.20. The molecule has 2 fully saturated rings. The molecule has 0 amide bonds. The van der Waals surface area contributed by atoms with Gasteiger partial charge in [0.25, 0.3) is 0 Å². The highest BCUT2D eigenvalue weighted by Gasteiger charge is 2.62. The van der Waals surface area contributed by atoms with Crippen molar-refractivity contribution in [2.45, 2.75) is 45.1 Å². The smallest absolute Gasteiger partial charge is 0.178 e. The quantitative estimate of drug-likeness (QED) is 0.603. The molecule has 0 radical (unpaired) electrons. The van der Waals surface area contributed by atoms with E-state index in [1.54, 1.807) is 6.08 Å². The lowest BCUT2D eigenvalue weighted by molar-refractivity contribution is -0.110. The molecule has 0 spiro atoms. The lowest BCUT2D eigenvalue weighted by atomic mass is 9.49. The van der Waals surface area contributed by atoms with Gasteiger partial charge in [-0.15, -0.1) is 0 Å². The van der Waals surface area contributed by atoms with Gasteiger partial charge >= 0.3 is 0 Å². The van der Waals surface area contributed by atoms with Gasteiger partial charge in [-0.2, -0.15) is 0 Å². The molecule has 128 valence electrons. The predicted octanol–water partition coefficient (Wildman–Crippen LogP) is 4.75. The van der Waals surface area contributed by atoms with Gasteiger partial charge in [-0.25, -0.2) is 0 Å². The molecule has 0 saturated heterocycles. The Balaban J connectivity index is 1.75. The molecule has 0 aromatic carbocycles. The van der Waals surface area contributed by atoms with Gasteiger partial charge in [0, 0.05) is 10.8 Å². The van der Waals surface area contributed by atoms with Crippen LogP contribution in [0.2, 0.25) is 0 Å². The molecule has 0 heterocycles. The SMILES string of the molecule is C[C@]12C=CC(=O)C=C1C=C[C@@H]1[C@@H]2CC[C@@]2(C)[C@H]1CC[C@@]2(O)/C=C\I. The summed E-state index contributed by atoms with van der Waals surface area (Å²) in [4.78, 5) is 11.8. The van der Waals surface area contributed by atoms with E-state index in [1.165, 1.54) is 5.57 Å². The van der Waals surface area contributed by atoms with Crippen LogP contribution in [0.5, 0.6) is 0 Å². The average molecular weight is 436 g/mol. The lowest BCUT2D eigenvalue weighted by Gasteiger charge is -2.56. The highest BCUT2D eigenvalue weighted by atomic mass is 127. The van der Waals surface area contributed by atoms with E-state index in [2.05, 4.69) is 54.7 Å². The molecule has 0 aromatic heterocycles. The fourth-order valence-corrected chi connectivity index (χ4v) is 6.68. The minimum atomic E-state index is -0.674. The Morgan fingerprint density at radius 1 is 1.21 bits per heavy atom. The molecule has 1 N–H and O–H groups in total.